The minimum absolute atomic E-state index is 0.0146. The molecule has 0 radical (unpaired) electrons. The maximum absolute atomic E-state index is 12.0. The number of benzene rings is 2. The van der Waals surface area contributed by atoms with Gasteiger partial charge >= 0.3 is 5.97 Å². The number of aryl methyl sites for hydroxylation is 1. The lowest BCUT2D eigenvalue weighted by Crippen LogP contribution is -2.22. The zero-order valence-electron chi connectivity index (χ0n) is 18.1. The van der Waals surface area contributed by atoms with E-state index < -0.39 is 17.7 Å². The van der Waals surface area contributed by atoms with E-state index in [-0.39, 0.29) is 11.4 Å². The van der Waals surface area contributed by atoms with Crippen molar-refractivity contribution in [2.75, 3.05) is 0 Å². The molecule has 32 heavy (non-hydrogen) atoms. The number of aromatic nitrogens is 2. The third-order valence-electron chi connectivity index (χ3n) is 5.35. The molecule has 0 fully saturated rings. The van der Waals surface area contributed by atoms with E-state index in [1.54, 1.807) is 18.4 Å². The second-order valence-electron chi connectivity index (χ2n) is 8.10. The third kappa shape index (κ3) is 4.06. The SMILES string of the molecule is CCc1nc(C(C)(C)O)c(C(=O)O)n1Cc1ccc(-c2ccccc2C2N=NN=N2)cc1. The zero-order valence-corrected chi connectivity index (χ0v) is 18.1. The minimum Gasteiger partial charge on any atom is -0.477 e. The summed E-state index contributed by atoms with van der Waals surface area (Å²) in [5.41, 5.74) is 2.63. The molecule has 0 saturated heterocycles. The second kappa shape index (κ2) is 8.43. The van der Waals surface area contributed by atoms with Gasteiger partial charge in [-0.25, -0.2) is 9.78 Å². The molecule has 1 aromatic heterocycles. The quantitative estimate of drug-likeness (QED) is 0.550. The number of hydrogen-bond acceptors (Lipinski definition) is 7. The van der Waals surface area contributed by atoms with Gasteiger partial charge in [0.25, 0.3) is 0 Å². The van der Waals surface area contributed by atoms with Crippen LogP contribution in [0.2, 0.25) is 0 Å². The van der Waals surface area contributed by atoms with Crippen LogP contribution < -0.4 is 0 Å². The van der Waals surface area contributed by atoms with Gasteiger partial charge in [0.2, 0.25) is 6.17 Å². The van der Waals surface area contributed by atoms with E-state index in [0.29, 0.717) is 18.8 Å². The van der Waals surface area contributed by atoms with Crippen LogP contribution >= 0.6 is 0 Å². The molecule has 0 bridgehead atoms. The van der Waals surface area contributed by atoms with Gasteiger partial charge in [-0.15, -0.1) is 10.2 Å². The Bertz CT molecular complexity index is 1190. The third-order valence-corrected chi connectivity index (χ3v) is 5.35. The first-order valence-corrected chi connectivity index (χ1v) is 10.3. The first-order chi connectivity index (χ1) is 15.3. The molecule has 2 heterocycles. The summed E-state index contributed by atoms with van der Waals surface area (Å²) in [6, 6.07) is 15.7. The van der Waals surface area contributed by atoms with Crippen LogP contribution in [-0.4, -0.2) is 25.7 Å². The Balaban J connectivity index is 1.68. The average molecular weight is 432 g/mol. The van der Waals surface area contributed by atoms with Crippen LogP contribution in [0, 0.1) is 0 Å². The standard InChI is InChI=1S/C23H24N6O3/c1-4-18-24-20(23(2,3)32)19(22(30)31)29(18)13-14-9-11-15(12-10-14)16-7-5-6-8-17(16)21-25-27-28-26-21/h5-12,21,32H,4,13H2,1-3H3,(H,30,31). The number of nitrogens with zero attached hydrogens (tertiary/aromatic N) is 6. The maximum atomic E-state index is 12.0. The highest BCUT2D eigenvalue weighted by Crippen LogP contribution is 2.33. The summed E-state index contributed by atoms with van der Waals surface area (Å²) in [5.74, 6) is -0.495. The van der Waals surface area contributed by atoms with E-state index in [4.69, 9.17) is 0 Å². The van der Waals surface area contributed by atoms with Crippen molar-refractivity contribution in [3.8, 4) is 11.1 Å². The molecular formula is C23H24N6O3. The Morgan fingerprint density at radius 1 is 1.06 bits per heavy atom. The van der Waals surface area contributed by atoms with Gasteiger partial charge in [0.05, 0.1) is 0 Å². The van der Waals surface area contributed by atoms with Crippen LogP contribution in [0.25, 0.3) is 11.1 Å². The predicted octanol–water partition coefficient (Wildman–Crippen LogP) is 4.92. The lowest BCUT2D eigenvalue weighted by Gasteiger charge is -2.16. The van der Waals surface area contributed by atoms with E-state index in [1.807, 2.05) is 55.5 Å². The topological polar surface area (TPSA) is 125 Å². The van der Waals surface area contributed by atoms with Gasteiger partial charge in [-0.3, -0.25) is 0 Å². The molecule has 1 aliphatic heterocycles. The van der Waals surface area contributed by atoms with Crippen LogP contribution in [0.1, 0.15) is 60.1 Å². The summed E-state index contributed by atoms with van der Waals surface area (Å²) < 4.78 is 1.66. The first-order valence-electron chi connectivity index (χ1n) is 10.3. The van der Waals surface area contributed by atoms with Gasteiger partial charge in [0.1, 0.15) is 17.1 Å². The number of hydrogen-bond donors (Lipinski definition) is 2. The monoisotopic (exact) mass is 432 g/mol. The number of rotatable bonds is 7. The van der Waals surface area contributed by atoms with Gasteiger partial charge < -0.3 is 14.8 Å². The Morgan fingerprint density at radius 2 is 1.72 bits per heavy atom. The summed E-state index contributed by atoms with van der Waals surface area (Å²) in [7, 11) is 0. The van der Waals surface area contributed by atoms with Crippen molar-refractivity contribution in [2.24, 2.45) is 20.7 Å². The number of carboxylic acids is 1. The Labute approximate surface area is 185 Å². The minimum atomic E-state index is -1.36. The lowest BCUT2D eigenvalue weighted by atomic mass is 9.97. The van der Waals surface area contributed by atoms with Crippen molar-refractivity contribution in [3.63, 3.8) is 0 Å². The van der Waals surface area contributed by atoms with Gasteiger partial charge in [-0.2, -0.15) is 0 Å². The van der Waals surface area contributed by atoms with Crippen LogP contribution in [-0.2, 0) is 18.6 Å². The number of aliphatic hydroxyl groups is 1. The fourth-order valence-electron chi connectivity index (χ4n) is 3.83. The fraction of sp³-hybridized carbons (Fsp3) is 0.304. The lowest BCUT2D eigenvalue weighted by molar-refractivity contribution is 0.0602. The number of imidazole rings is 1. The molecule has 0 aliphatic carbocycles. The Kier molecular flexibility index (Phi) is 5.67. The molecular weight excluding hydrogens is 408 g/mol. The Morgan fingerprint density at radius 3 is 2.31 bits per heavy atom. The van der Waals surface area contributed by atoms with E-state index in [1.165, 1.54) is 0 Å². The number of carboxylic acid groups (broad SMARTS) is 1. The van der Waals surface area contributed by atoms with Crippen LogP contribution in [0.5, 0.6) is 0 Å². The summed E-state index contributed by atoms with van der Waals surface area (Å²) in [6.45, 7) is 5.33. The van der Waals surface area contributed by atoms with Crippen molar-refractivity contribution >= 4 is 5.97 Å². The predicted molar refractivity (Wildman–Crippen MR) is 117 cm³/mol. The molecule has 0 saturated carbocycles. The summed E-state index contributed by atoms with van der Waals surface area (Å²) in [4.78, 5) is 16.4. The average Bonchev–Trinajstić information content (AvgIpc) is 3.42. The van der Waals surface area contributed by atoms with Gasteiger partial charge in [-0.1, -0.05) is 55.5 Å². The van der Waals surface area contributed by atoms with E-state index >= 15 is 0 Å². The molecule has 2 aromatic carbocycles. The number of aromatic carboxylic acids is 1. The molecule has 164 valence electrons. The van der Waals surface area contributed by atoms with Crippen molar-refractivity contribution < 1.29 is 15.0 Å². The normalized spacial score (nSPS) is 13.8. The van der Waals surface area contributed by atoms with E-state index in [9.17, 15) is 15.0 Å². The molecule has 3 aromatic rings. The largest absolute Gasteiger partial charge is 0.477 e. The summed E-state index contributed by atoms with van der Waals surface area (Å²) in [5, 5.41) is 35.5. The molecule has 9 nitrogen and oxygen atoms in total. The van der Waals surface area contributed by atoms with Crippen molar-refractivity contribution in [3.05, 3.63) is 76.9 Å². The molecule has 1 aliphatic rings. The molecule has 0 amide bonds. The molecule has 4 rings (SSSR count). The first kappa shape index (κ1) is 21.5. The highest BCUT2D eigenvalue weighted by molar-refractivity contribution is 5.87. The van der Waals surface area contributed by atoms with E-state index in [0.717, 1.165) is 22.3 Å². The van der Waals surface area contributed by atoms with Crippen molar-refractivity contribution in [2.45, 2.75) is 45.5 Å². The van der Waals surface area contributed by atoms with E-state index in [2.05, 4.69) is 25.7 Å². The fourth-order valence-corrected chi connectivity index (χ4v) is 3.83. The van der Waals surface area contributed by atoms with Crippen molar-refractivity contribution in [1.82, 2.24) is 9.55 Å². The molecule has 0 atom stereocenters. The van der Waals surface area contributed by atoms with Gasteiger partial charge in [0, 0.05) is 18.5 Å². The zero-order chi connectivity index (χ0) is 22.9. The van der Waals surface area contributed by atoms with Gasteiger partial charge in [0.15, 0.2) is 5.69 Å². The van der Waals surface area contributed by atoms with Gasteiger partial charge in [-0.05, 0) is 41.0 Å². The molecule has 0 spiro atoms. The smallest absolute Gasteiger partial charge is 0.354 e. The van der Waals surface area contributed by atoms with Crippen LogP contribution in [0.3, 0.4) is 0 Å². The van der Waals surface area contributed by atoms with Crippen LogP contribution in [0.4, 0.5) is 0 Å². The highest BCUT2D eigenvalue weighted by Gasteiger charge is 2.31. The Hall–Kier alpha value is -3.72. The number of carbonyl (C=O) groups is 1. The van der Waals surface area contributed by atoms with Crippen LogP contribution in [0.15, 0.2) is 69.2 Å². The molecule has 2 N–H and O–H groups in total. The van der Waals surface area contributed by atoms with Crippen molar-refractivity contribution in [1.29, 1.82) is 0 Å². The summed E-state index contributed by atoms with van der Waals surface area (Å²) >= 11 is 0. The second-order valence-corrected chi connectivity index (χ2v) is 8.10. The highest BCUT2D eigenvalue weighted by atomic mass is 16.4. The summed E-state index contributed by atoms with van der Waals surface area (Å²) in [6.07, 6.45) is 0.106. The maximum Gasteiger partial charge on any atom is 0.354 e. The molecule has 0 unspecified atom stereocenters. The molecule has 9 heteroatoms.